The van der Waals surface area contributed by atoms with E-state index in [0.29, 0.717) is 42.2 Å². The highest BCUT2D eigenvalue weighted by molar-refractivity contribution is 5.55. The molecule has 2 aromatic carbocycles. The molecule has 0 unspecified atom stereocenters. The van der Waals surface area contributed by atoms with Crippen LogP contribution in [0.1, 0.15) is 30.8 Å². The van der Waals surface area contributed by atoms with Crippen LogP contribution in [-0.4, -0.2) is 26.3 Å². The molecule has 0 bridgehead atoms. The molecule has 3 aliphatic rings. The summed E-state index contributed by atoms with van der Waals surface area (Å²) in [6, 6.07) is 11.9. The molecule has 2 aromatic rings. The number of hydrogen-bond donors (Lipinski definition) is 1. The molecule has 0 fully saturated rings. The molecular weight excluding hydrogens is 413 g/mol. The zero-order valence-corrected chi connectivity index (χ0v) is 17.7. The monoisotopic (exact) mass is 435 g/mol. The third kappa shape index (κ3) is 3.82. The van der Waals surface area contributed by atoms with E-state index in [9.17, 15) is 4.39 Å². The van der Waals surface area contributed by atoms with E-state index in [4.69, 9.17) is 24.9 Å². The zero-order chi connectivity index (χ0) is 22.3. The minimum Gasteiger partial charge on any atom is -0.454 e. The van der Waals surface area contributed by atoms with E-state index < -0.39 is 5.60 Å². The molecule has 164 valence electrons. The number of nitrogens with two attached hydrogens (primary N) is 1. The van der Waals surface area contributed by atoms with E-state index in [0.717, 1.165) is 16.9 Å². The number of nitrogens with zero attached hydrogens (tertiary/aromatic N) is 4. The maximum absolute atomic E-state index is 13.1. The van der Waals surface area contributed by atoms with Crippen LogP contribution in [-0.2, 0) is 23.5 Å². The third-order valence-electron chi connectivity index (χ3n) is 5.35. The topological polar surface area (TPSA) is 97.3 Å². The molecule has 2 N–H and O–H groups in total. The number of halogens is 1. The van der Waals surface area contributed by atoms with Gasteiger partial charge in [0.2, 0.25) is 12.7 Å². The summed E-state index contributed by atoms with van der Waals surface area (Å²) < 4.78 is 31.9. The van der Waals surface area contributed by atoms with Gasteiger partial charge in [-0.05, 0) is 49.2 Å². The Morgan fingerprint density at radius 1 is 1.06 bits per heavy atom. The second kappa shape index (κ2) is 7.76. The highest BCUT2D eigenvalue weighted by Crippen LogP contribution is 2.34. The molecule has 0 amide bonds. The Balaban J connectivity index is 1.41. The number of benzene rings is 2. The van der Waals surface area contributed by atoms with Gasteiger partial charge in [-0.15, -0.1) is 0 Å². The molecule has 5 rings (SSSR count). The van der Waals surface area contributed by atoms with Gasteiger partial charge in [0, 0.05) is 0 Å². The lowest BCUT2D eigenvalue weighted by Gasteiger charge is -2.22. The Morgan fingerprint density at radius 3 is 2.62 bits per heavy atom. The maximum atomic E-state index is 13.1. The number of anilines is 1. The number of aromatic nitrogens is 4. The smallest absolute Gasteiger partial charge is 0.231 e. The molecule has 0 saturated carbocycles. The lowest BCUT2D eigenvalue weighted by atomic mass is 10.1. The van der Waals surface area contributed by atoms with Crippen molar-refractivity contribution in [3.05, 3.63) is 71.4 Å². The summed E-state index contributed by atoms with van der Waals surface area (Å²) in [6.45, 7) is 4.75. The summed E-state index contributed by atoms with van der Waals surface area (Å²) in [7, 11) is 0. The van der Waals surface area contributed by atoms with Crippen LogP contribution in [0.25, 0.3) is 11.5 Å². The van der Waals surface area contributed by atoms with Crippen molar-refractivity contribution < 1.29 is 18.6 Å². The van der Waals surface area contributed by atoms with E-state index in [2.05, 4.69) is 9.97 Å². The molecule has 0 aromatic heterocycles. The van der Waals surface area contributed by atoms with Crippen molar-refractivity contribution in [3.8, 4) is 23.0 Å². The first-order valence-electron chi connectivity index (χ1n) is 10.2. The molecule has 0 atom stereocenters. The minimum atomic E-state index is -0.779. The maximum Gasteiger partial charge on any atom is 0.231 e. The molecule has 3 aliphatic heterocycles. The number of rotatable bonds is 6. The van der Waals surface area contributed by atoms with E-state index in [1.165, 1.54) is 12.1 Å². The van der Waals surface area contributed by atoms with Crippen LogP contribution in [0.15, 0.2) is 48.7 Å². The lowest BCUT2D eigenvalue weighted by Crippen LogP contribution is -2.23. The van der Waals surface area contributed by atoms with Gasteiger partial charge in [0.05, 0.1) is 19.3 Å². The van der Waals surface area contributed by atoms with Crippen LogP contribution in [0.4, 0.5) is 10.3 Å². The van der Waals surface area contributed by atoms with Gasteiger partial charge >= 0.3 is 0 Å². The second-order valence-electron chi connectivity index (χ2n) is 8.07. The highest BCUT2D eigenvalue weighted by atomic mass is 19.1. The van der Waals surface area contributed by atoms with Crippen molar-refractivity contribution >= 4 is 5.95 Å². The van der Waals surface area contributed by atoms with Gasteiger partial charge in [-0.25, -0.2) is 19.3 Å². The fraction of sp³-hybridized carbons (Fsp3) is 0.261. The minimum absolute atomic E-state index is 0.218. The van der Waals surface area contributed by atoms with Crippen molar-refractivity contribution in [1.82, 2.24) is 19.5 Å². The van der Waals surface area contributed by atoms with Crippen molar-refractivity contribution in [2.45, 2.75) is 32.6 Å². The Hall–Kier alpha value is -3.72. The van der Waals surface area contributed by atoms with Crippen LogP contribution < -0.4 is 15.2 Å². The Kier molecular flexibility index (Phi) is 4.90. The van der Waals surface area contributed by atoms with Crippen LogP contribution in [0.2, 0.25) is 0 Å². The summed E-state index contributed by atoms with van der Waals surface area (Å²) in [5, 5.41) is 0. The largest absolute Gasteiger partial charge is 0.454 e. The fourth-order valence-electron chi connectivity index (χ4n) is 3.49. The number of hydrogen-bond acceptors (Lipinski definition) is 7. The van der Waals surface area contributed by atoms with E-state index in [-0.39, 0.29) is 12.6 Å². The van der Waals surface area contributed by atoms with E-state index in [1.54, 1.807) is 22.9 Å². The SMILES string of the molecule is CC(C)(OCc1ccc(F)cc1)c1nc2cnc(N)n(Cc3ccc4c(c3)OCO4)c-2n1. The number of imidazole rings is 1. The quantitative estimate of drug-likeness (QED) is 0.493. The van der Waals surface area contributed by atoms with Crippen molar-refractivity contribution in [2.24, 2.45) is 0 Å². The molecule has 0 radical (unpaired) electrons. The highest BCUT2D eigenvalue weighted by Gasteiger charge is 2.30. The van der Waals surface area contributed by atoms with Crippen LogP contribution in [0, 0.1) is 5.82 Å². The molecule has 9 heteroatoms. The van der Waals surface area contributed by atoms with Crippen LogP contribution in [0.3, 0.4) is 0 Å². The van der Waals surface area contributed by atoms with Gasteiger partial charge in [-0.1, -0.05) is 18.2 Å². The molecule has 8 nitrogen and oxygen atoms in total. The van der Waals surface area contributed by atoms with Gasteiger partial charge in [-0.2, -0.15) is 0 Å². The first-order valence-corrected chi connectivity index (χ1v) is 10.2. The lowest BCUT2D eigenvalue weighted by molar-refractivity contribution is -0.0393. The average molecular weight is 435 g/mol. The average Bonchev–Trinajstić information content (AvgIpc) is 3.42. The molecule has 0 saturated heterocycles. The summed E-state index contributed by atoms with van der Waals surface area (Å²) in [6.07, 6.45) is 1.60. The van der Waals surface area contributed by atoms with Crippen molar-refractivity contribution in [3.63, 3.8) is 0 Å². The van der Waals surface area contributed by atoms with E-state index >= 15 is 0 Å². The van der Waals surface area contributed by atoms with Crippen LogP contribution >= 0.6 is 0 Å². The Bertz CT molecular complexity index is 1240. The normalized spacial score (nSPS) is 13.1. The standard InChI is InChI=1S/C23H22FN5O3/c1-23(2,32-12-14-3-6-16(24)7-4-14)21-27-17-10-26-22(25)29(20(17)28-21)11-15-5-8-18-19(9-15)31-13-30-18/h3-10H,11-13H2,1-2H3,(H2,25,26). The summed E-state index contributed by atoms with van der Waals surface area (Å²) in [4.78, 5) is 13.6. The van der Waals surface area contributed by atoms with Crippen molar-refractivity contribution in [2.75, 3.05) is 12.5 Å². The molecule has 0 aliphatic carbocycles. The van der Waals surface area contributed by atoms with Gasteiger partial charge in [-0.3, -0.25) is 4.57 Å². The number of fused-ring (bicyclic) bond motifs is 2. The third-order valence-corrected chi connectivity index (χ3v) is 5.35. The first-order chi connectivity index (χ1) is 15.4. The summed E-state index contributed by atoms with van der Waals surface area (Å²) in [5.74, 6) is 2.59. The first kappa shape index (κ1) is 20.2. The Morgan fingerprint density at radius 2 is 1.81 bits per heavy atom. The number of nitrogen functional groups attached to an aromatic ring is 1. The zero-order valence-electron chi connectivity index (χ0n) is 17.7. The molecule has 32 heavy (non-hydrogen) atoms. The van der Waals surface area contributed by atoms with Gasteiger partial charge in [0.15, 0.2) is 23.1 Å². The predicted octanol–water partition coefficient (Wildman–Crippen LogP) is 3.73. The molecular formula is C23H22FN5O3. The Labute approximate surface area is 184 Å². The van der Waals surface area contributed by atoms with Crippen molar-refractivity contribution in [1.29, 1.82) is 0 Å². The number of ether oxygens (including phenoxy) is 3. The second-order valence-corrected chi connectivity index (χ2v) is 8.07. The fourth-order valence-corrected chi connectivity index (χ4v) is 3.49. The van der Waals surface area contributed by atoms with Gasteiger partial charge in [0.25, 0.3) is 0 Å². The van der Waals surface area contributed by atoms with Gasteiger partial charge < -0.3 is 19.9 Å². The predicted molar refractivity (Wildman–Crippen MR) is 115 cm³/mol. The molecule has 0 spiro atoms. The summed E-state index contributed by atoms with van der Waals surface area (Å²) >= 11 is 0. The molecule has 3 heterocycles. The van der Waals surface area contributed by atoms with Gasteiger partial charge in [0.1, 0.15) is 17.1 Å². The summed E-state index contributed by atoms with van der Waals surface area (Å²) in [5.41, 5.74) is 7.85. The van der Waals surface area contributed by atoms with Crippen LogP contribution in [0.5, 0.6) is 11.5 Å². The van der Waals surface area contributed by atoms with E-state index in [1.807, 2.05) is 32.0 Å².